The predicted molar refractivity (Wildman–Crippen MR) is 90.6 cm³/mol. The molecule has 138 valence electrons. The molecule has 1 rings (SSSR count). The first kappa shape index (κ1) is 20.3. The molecule has 0 aliphatic carbocycles. The van der Waals surface area contributed by atoms with Gasteiger partial charge >= 0.3 is 5.97 Å². The summed E-state index contributed by atoms with van der Waals surface area (Å²) < 4.78 is 10.7. The number of nitrogens with zero attached hydrogens (tertiary/aromatic N) is 1. The van der Waals surface area contributed by atoms with Crippen LogP contribution in [0.2, 0.25) is 0 Å². The van der Waals surface area contributed by atoms with Crippen molar-refractivity contribution in [1.82, 2.24) is 10.2 Å². The Balaban J connectivity index is 2.61. The van der Waals surface area contributed by atoms with Gasteiger partial charge in [0.05, 0.1) is 20.1 Å². The van der Waals surface area contributed by atoms with E-state index in [1.165, 1.54) is 25.9 Å². The minimum absolute atomic E-state index is 0.00966. The molecule has 1 unspecified atom stereocenters. The zero-order valence-corrected chi connectivity index (χ0v) is 14.7. The van der Waals surface area contributed by atoms with Gasteiger partial charge in [-0.2, -0.15) is 0 Å². The van der Waals surface area contributed by atoms with E-state index in [4.69, 9.17) is 14.6 Å². The Kier molecular flexibility index (Phi) is 8.25. The number of carboxylic acids is 1. The molecule has 0 heterocycles. The largest absolute Gasteiger partial charge is 0.493 e. The SMILES string of the molecule is COc1ccccc1OCCC(=O)N(CCNC(C)=O)C(C)C(=O)O. The zero-order valence-electron chi connectivity index (χ0n) is 14.7. The number of methoxy groups -OCH3 is 1. The van der Waals surface area contributed by atoms with Crippen molar-refractivity contribution < 1.29 is 29.0 Å². The Bertz CT molecular complexity index is 605. The van der Waals surface area contributed by atoms with Crippen LogP contribution in [0.3, 0.4) is 0 Å². The number of aliphatic carboxylic acids is 1. The van der Waals surface area contributed by atoms with E-state index in [-0.39, 0.29) is 37.9 Å². The molecule has 0 fully saturated rings. The molecule has 0 aliphatic rings. The first-order valence-corrected chi connectivity index (χ1v) is 7.89. The van der Waals surface area contributed by atoms with Crippen LogP contribution in [-0.2, 0) is 14.4 Å². The third kappa shape index (κ3) is 6.70. The van der Waals surface area contributed by atoms with Crippen molar-refractivity contribution in [3.05, 3.63) is 24.3 Å². The van der Waals surface area contributed by atoms with E-state index in [9.17, 15) is 14.4 Å². The van der Waals surface area contributed by atoms with Gasteiger partial charge in [-0.1, -0.05) is 12.1 Å². The lowest BCUT2D eigenvalue weighted by atomic mass is 10.2. The molecular formula is C17H24N2O6. The smallest absolute Gasteiger partial charge is 0.326 e. The molecule has 0 saturated heterocycles. The highest BCUT2D eigenvalue weighted by Gasteiger charge is 2.25. The van der Waals surface area contributed by atoms with E-state index in [1.807, 2.05) is 0 Å². The van der Waals surface area contributed by atoms with Gasteiger partial charge in [-0.3, -0.25) is 9.59 Å². The molecule has 0 aliphatic heterocycles. The highest BCUT2D eigenvalue weighted by molar-refractivity contribution is 5.83. The quantitative estimate of drug-likeness (QED) is 0.648. The Morgan fingerprint density at radius 3 is 2.44 bits per heavy atom. The van der Waals surface area contributed by atoms with E-state index in [1.54, 1.807) is 24.3 Å². The van der Waals surface area contributed by atoms with Crippen molar-refractivity contribution in [2.75, 3.05) is 26.8 Å². The maximum absolute atomic E-state index is 12.3. The maximum Gasteiger partial charge on any atom is 0.326 e. The van der Waals surface area contributed by atoms with Gasteiger partial charge in [0.2, 0.25) is 11.8 Å². The summed E-state index contributed by atoms with van der Waals surface area (Å²) in [5.74, 6) is -0.655. The zero-order chi connectivity index (χ0) is 18.8. The van der Waals surface area contributed by atoms with Gasteiger partial charge in [0.25, 0.3) is 0 Å². The minimum atomic E-state index is -1.11. The fourth-order valence-electron chi connectivity index (χ4n) is 2.15. The monoisotopic (exact) mass is 352 g/mol. The van der Waals surface area contributed by atoms with Crippen LogP contribution in [0.1, 0.15) is 20.3 Å². The van der Waals surface area contributed by atoms with Crippen LogP contribution in [-0.4, -0.2) is 60.6 Å². The molecule has 8 nitrogen and oxygen atoms in total. The highest BCUT2D eigenvalue weighted by Crippen LogP contribution is 2.25. The van der Waals surface area contributed by atoms with Crippen molar-refractivity contribution in [2.45, 2.75) is 26.3 Å². The minimum Gasteiger partial charge on any atom is -0.493 e. The summed E-state index contributed by atoms with van der Waals surface area (Å²) in [6.07, 6.45) is 0.00966. The van der Waals surface area contributed by atoms with Gasteiger partial charge in [0.15, 0.2) is 11.5 Å². The van der Waals surface area contributed by atoms with Gasteiger partial charge in [0.1, 0.15) is 6.04 Å². The van der Waals surface area contributed by atoms with Crippen molar-refractivity contribution in [3.8, 4) is 11.5 Å². The maximum atomic E-state index is 12.3. The van der Waals surface area contributed by atoms with Gasteiger partial charge < -0.3 is 24.8 Å². The molecule has 0 saturated carbocycles. The Labute approximate surface area is 146 Å². The highest BCUT2D eigenvalue weighted by atomic mass is 16.5. The van der Waals surface area contributed by atoms with Gasteiger partial charge in [-0.15, -0.1) is 0 Å². The van der Waals surface area contributed by atoms with Crippen LogP contribution in [0.15, 0.2) is 24.3 Å². The predicted octanol–water partition coefficient (Wildman–Crippen LogP) is 0.902. The number of nitrogens with one attached hydrogen (secondary N) is 1. The second-order valence-corrected chi connectivity index (χ2v) is 5.33. The molecule has 1 aromatic rings. The van der Waals surface area contributed by atoms with Crippen LogP contribution in [0.5, 0.6) is 11.5 Å². The summed E-state index contributed by atoms with van der Waals surface area (Å²) in [5, 5.41) is 11.7. The lowest BCUT2D eigenvalue weighted by Crippen LogP contribution is -2.47. The van der Waals surface area contributed by atoms with Crippen LogP contribution < -0.4 is 14.8 Å². The van der Waals surface area contributed by atoms with E-state index in [0.717, 1.165) is 0 Å². The van der Waals surface area contributed by atoms with E-state index < -0.39 is 12.0 Å². The van der Waals surface area contributed by atoms with Crippen molar-refractivity contribution >= 4 is 17.8 Å². The number of amides is 2. The molecule has 0 spiro atoms. The lowest BCUT2D eigenvalue weighted by molar-refractivity contribution is -0.149. The summed E-state index contributed by atoms with van der Waals surface area (Å²) in [6.45, 7) is 3.16. The standard InChI is InChI=1S/C17H24N2O6/c1-12(17(22)23)19(10-9-18-13(2)20)16(21)8-11-25-15-7-5-4-6-14(15)24-3/h4-7,12H,8-11H2,1-3H3,(H,18,20)(H,22,23). The van der Waals surface area contributed by atoms with Crippen molar-refractivity contribution in [1.29, 1.82) is 0 Å². The number of carbonyl (C=O) groups is 3. The van der Waals surface area contributed by atoms with Crippen LogP contribution >= 0.6 is 0 Å². The number of benzene rings is 1. The molecule has 0 aromatic heterocycles. The fourth-order valence-corrected chi connectivity index (χ4v) is 2.15. The number of para-hydroxylation sites is 2. The molecular weight excluding hydrogens is 328 g/mol. The van der Waals surface area contributed by atoms with Crippen LogP contribution in [0.4, 0.5) is 0 Å². The Morgan fingerprint density at radius 2 is 1.88 bits per heavy atom. The Hall–Kier alpha value is -2.77. The topological polar surface area (TPSA) is 105 Å². The van der Waals surface area contributed by atoms with Gasteiger partial charge in [-0.25, -0.2) is 4.79 Å². The lowest BCUT2D eigenvalue weighted by Gasteiger charge is -2.26. The number of rotatable bonds is 10. The number of hydrogen-bond donors (Lipinski definition) is 2. The van der Waals surface area contributed by atoms with Gasteiger partial charge in [-0.05, 0) is 19.1 Å². The molecule has 8 heteroatoms. The Morgan fingerprint density at radius 1 is 1.24 bits per heavy atom. The second-order valence-electron chi connectivity index (χ2n) is 5.33. The van der Waals surface area contributed by atoms with Crippen molar-refractivity contribution in [2.24, 2.45) is 0 Å². The third-order valence-electron chi connectivity index (χ3n) is 3.51. The molecule has 1 aromatic carbocycles. The van der Waals surface area contributed by atoms with E-state index >= 15 is 0 Å². The average Bonchev–Trinajstić information content (AvgIpc) is 2.58. The summed E-state index contributed by atoms with van der Waals surface area (Å²) in [5.41, 5.74) is 0. The van der Waals surface area contributed by atoms with Crippen LogP contribution in [0.25, 0.3) is 0 Å². The number of carboxylic acid groups (broad SMARTS) is 1. The number of hydrogen-bond acceptors (Lipinski definition) is 5. The van der Waals surface area contributed by atoms with Crippen molar-refractivity contribution in [3.63, 3.8) is 0 Å². The second kappa shape index (κ2) is 10.2. The summed E-state index contributed by atoms with van der Waals surface area (Å²) in [6, 6.07) is 6.05. The molecule has 2 amide bonds. The normalized spacial score (nSPS) is 11.3. The van der Waals surface area contributed by atoms with E-state index in [2.05, 4.69) is 5.32 Å². The first-order valence-electron chi connectivity index (χ1n) is 7.89. The van der Waals surface area contributed by atoms with Crippen LogP contribution in [0, 0.1) is 0 Å². The molecule has 0 radical (unpaired) electrons. The first-order chi connectivity index (χ1) is 11.9. The summed E-state index contributed by atoms with van der Waals surface area (Å²) >= 11 is 0. The van der Waals surface area contributed by atoms with E-state index in [0.29, 0.717) is 11.5 Å². The summed E-state index contributed by atoms with van der Waals surface area (Å²) in [7, 11) is 1.52. The molecule has 1 atom stereocenters. The summed E-state index contributed by atoms with van der Waals surface area (Å²) in [4.78, 5) is 35.7. The third-order valence-corrected chi connectivity index (χ3v) is 3.51. The molecule has 25 heavy (non-hydrogen) atoms. The average molecular weight is 352 g/mol. The number of carbonyl (C=O) groups excluding carboxylic acids is 2. The van der Waals surface area contributed by atoms with Gasteiger partial charge in [0, 0.05) is 20.0 Å². The molecule has 2 N–H and O–H groups in total. The molecule has 0 bridgehead atoms. The number of ether oxygens (including phenoxy) is 2. The fraction of sp³-hybridized carbons (Fsp3) is 0.471.